The zero-order valence-electron chi connectivity index (χ0n) is 14.7. The number of furan rings is 1. The molecule has 0 bridgehead atoms. The molecule has 2 amide bonds. The Kier molecular flexibility index (Phi) is 5.22. The molecule has 1 N–H and O–H groups in total. The fraction of sp³-hybridized carbons (Fsp3) is 0.400. The van der Waals surface area contributed by atoms with E-state index in [1.807, 2.05) is 26.0 Å². The van der Waals surface area contributed by atoms with Crippen LogP contribution in [0.4, 0.5) is 0 Å². The van der Waals surface area contributed by atoms with E-state index in [0.29, 0.717) is 31.5 Å². The molecule has 2 heterocycles. The van der Waals surface area contributed by atoms with Gasteiger partial charge in [0.25, 0.3) is 5.91 Å². The summed E-state index contributed by atoms with van der Waals surface area (Å²) >= 11 is 0. The van der Waals surface area contributed by atoms with E-state index in [0.717, 1.165) is 5.56 Å². The molecule has 0 aliphatic carbocycles. The number of amides is 2. The van der Waals surface area contributed by atoms with E-state index < -0.39 is 0 Å². The molecule has 0 radical (unpaired) electrons. The lowest BCUT2D eigenvalue weighted by Gasteiger charge is -2.31. The molecule has 1 saturated heterocycles. The first-order valence-corrected chi connectivity index (χ1v) is 8.73. The predicted octanol–water partition coefficient (Wildman–Crippen LogP) is 3.32. The highest BCUT2D eigenvalue weighted by molar-refractivity contribution is 5.94. The third kappa shape index (κ3) is 4.10. The van der Waals surface area contributed by atoms with Gasteiger partial charge in [0.15, 0.2) is 0 Å². The second-order valence-electron chi connectivity index (χ2n) is 6.72. The average molecular weight is 340 g/mol. The standard InChI is InChI=1S/C20H24N2O3/c1-14-3-5-16(6-4-14)15(2)21-19(23)17-7-10-22(11-8-17)20(24)18-9-12-25-13-18/h3-6,9,12-13,15,17H,7-8,10-11H2,1-2H3,(H,21,23). The van der Waals surface area contributed by atoms with E-state index in [2.05, 4.69) is 17.4 Å². The summed E-state index contributed by atoms with van der Waals surface area (Å²) in [6.45, 7) is 5.24. The first kappa shape index (κ1) is 17.3. The minimum absolute atomic E-state index is 0.0151. The number of carbonyl (C=O) groups is 2. The third-order valence-electron chi connectivity index (χ3n) is 4.86. The van der Waals surface area contributed by atoms with Crippen LogP contribution in [0.3, 0.4) is 0 Å². The number of rotatable bonds is 4. The lowest BCUT2D eigenvalue weighted by molar-refractivity contribution is -0.126. The molecule has 3 rings (SSSR count). The maximum atomic E-state index is 12.5. The molecule has 5 nitrogen and oxygen atoms in total. The summed E-state index contributed by atoms with van der Waals surface area (Å²) in [5, 5.41) is 3.10. The van der Waals surface area contributed by atoms with Crippen LogP contribution in [-0.2, 0) is 4.79 Å². The van der Waals surface area contributed by atoms with Crippen molar-refractivity contribution in [2.75, 3.05) is 13.1 Å². The summed E-state index contributed by atoms with van der Waals surface area (Å²) in [7, 11) is 0. The molecule has 1 fully saturated rings. The van der Waals surface area contributed by atoms with Gasteiger partial charge in [-0.05, 0) is 38.3 Å². The van der Waals surface area contributed by atoms with Crippen LogP contribution in [0, 0.1) is 12.8 Å². The van der Waals surface area contributed by atoms with Crippen LogP contribution < -0.4 is 5.32 Å². The maximum Gasteiger partial charge on any atom is 0.257 e. The highest BCUT2D eigenvalue weighted by Crippen LogP contribution is 2.21. The van der Waals surface area contributed by atoms with E-state index in [1.54, 1.807) is 11.0 Å². The van der Waals surface area contributed by atoms with Crippen molar-refractivity contribution in [3.05, 3.63) is 59.5 Å². The lowest BCUT2D eigenvalue weighted by atomic mass is 9.94. The van der Waals surface area contributed by atoms with Crippen LogP contribution in [0.15, 0.2) is 47.3 Å². The van der Waals surface area contributed by atoms with E-state index in [9.17, 15) is 9.59 Å². The third-order valence-corrected chi connectivity index (χ3v) is 4.86. The Bertz CT molecular complexity index is 714. The quantitative estimate of drug-likeness (QED) is 0.929. The number of nitrogens with one attached hydrogen (secondary N) is 1. The van der Waals surface area contributed by atoms with Gasteiger partial charge in [-0.1, -0.05) is 29.8 Å². The number of piperidine rings is 1. The van der Waals surface area contributed by atoms with Crippen molar-refractivity contribution in [1.82, 2.24) is 10.2 Å². The van der Waals surface area contributed by atoms with Gasteiger partial charge in [-0.25, -0.2) is 0 Å². The Morgan fingerprint density at radius 1 is 1.16 bits per heavy atom. The van der Waals surface area contributed by atoms with Gasteiger partial charge in [-0.15, -0.1) is 0 Å². The van der Waals surface area contributed by atoms with Gasteiger partial charge in [-0.2, -0.15) is 0 Å². The summed E-state index contributed by atoms with van der Waals surface area (Å²) in [5.74, 6) is 0.00501. The van der Waals surface area contributed by atoms with Gasteiger partial charge < -0.3 is 14.6 Å². The SMILES string of the molecule is Cc1ccc(C(C)NC(=O)C2CCN(C(=O)c3ccoc3)CC2)cc1. The molecule has 1 aliphatic rings. The highest BCUT2D eigenvalue weighted by atomic mass is 16.3. The molecule has 1 aliphatic heterocycles. The van der Waals surface area contributed by atoms with Crippen molar-refractivity contribution in [1.29, 1.82) is 0 Å². The second-order valence-corrected chi connectivity index (χ2v) is 6.72. The second kappa shape index (κ2) is 7.55. The Hall–Kier alpha value is -2.56. The molecule has 132 valence electrons. The van der Waals surface area contributed by atoms with Gasteiger partial charge in [0.2, 0.25) is 5.91 Å². The molecular formula is C20H24N2O3. The van der Waals surface area contributed by atoms with Crippen molar-refractivity contribution in [2.45, 2.75) is 32.7 Å². The molecular weight excluding hydrogens is 316 g/mol. The smallest absolute Gasteiger partial charge is 0.257 e. The number of hydrogen-bond acceptors (Lipinski definition) is 3. The van der Waals surface area contributed by atoms with Crippen LogP contribution >= 0.6 is 0 Å². The molecule has 2 aromatic rings. The number of likely N-dealkylation sites (tertiary alicyclic amines) is 1. The van der Waals surface area contributed by atoms with Crippen LogP contribution in [0.2, 0.25) is 0 Å². The molecule has 1 aromatic heterocycles. The zero-order chi connectivity index (χ0) is 17.8. The van der Waals surface area contributed by atoms with Gasteiger partial charge in [0, 0.05) is 19.0 Å². The first-order chi connectivity index (χ1) is 12.0. The average Bonchev–Trinajstić information content (AvgIpc) is 3.16. The summed E-state index contributed by atoms with van der Waals surface area (Å²) in [6.07, 6.45) is 4.34. The maximum absolute atomic E-state index is 12.5. The summed E-state index contributed by atoms with van der Waals surface area (Å²) < 4.78 is 4.97. The van der Waals surface area contributed by atoms with E-state index in [-0.39, 0.29) is 23.8 Å². The minimum atomic E-state index is -0.0405. The zero-order valence-corrected chi connectivity index (χ0v) is 14.7. The van der Waals surface area contributed by atoms with Gasteiger partial charge in [0.1, 0.15) is 6.26 Å². The molecule has 1 aromatic carbocycles. The molecule has 0 saturated carbocycles. The van der Waals surface area contributed by atoms with Crippen molar-refractivity contribution in [3.63, 3.8) is 0 Å². The Morgan fingerprint density at radius 2 is 1.84 bits per heavy atom. The van der Waals surface area contributed by atoms with Crippen LogP contribution in [-0.4, -0.2) is 29.8 Å². The summed E-state index contributed by atoms with van der Waals surface area (Å²) in [5.41, 5.74) is 2.87. The number of nitrogens with zero attached hydrogens (tertiary/aromatic N) is 1. The normalized spacial score (nSPS) is 16.5. The Balaban J connectivity index is 1.51. The van der Waals surface area contributed by atoms with E-state index >= 15 is 0 Å². The van der Waals surface area contributed by atoms with Gasteiger partial charge >= 0.3 is 0 Å². The summed E-state index contributed by atoms with van der Waals surface area (Å²) in [6, 6.07) is 9.86. The number of aryl methyl sites for hydroxylation is 1. The van der Waals surface area contributed by atoms with Crippen molar-refractivity contribution >= 4 is 11.8 Å². The molecule has 0 spiro atoms. The van der Waals surface area contributed by atoms with Crippen molar-refractivity contribution in [3.8, 4) is 0 Å². The Labute approximate surface area is 148 Å². The van der Waals surface area contributed by atoms with E-state index in [1.165, 1.54) is 18.1 Å². The van der Waals surface area contributed by atoms with Gasteiger partial charge in [0.05, 0.1) is 17.9 Å². The predicted molar refractivity (Wildman–Crippen MR) is 95.1 cm³/mol. The number of benzene rings is 1. The molecule has 1 atom stereocenters. The number of hydrogen-bond donors (Lipinski definition) is 1. The highest BCUT2D eigenvalue weighted by Gasteiger charge is 2.28. The first-order valence-electron chi connectivity index (χ1n) is 8.73. The Morgan fingerprint density at radius 3 is 2.44 bits per heavy atom. The molecule has 1 unspecified atom stereocenters. The fourth-order valence-corrected chi connectivity index (χ4v) is 3.18. The van der Waals surface area contributed by atoms with Crippen LogP contribution in [0.25, 0.3) is 0 Å². The minimum Gasteiger partial charge on any atom is -0.472 e. The monoisotopic (exact) mass is 340 g/mol. The van der Waals surface area contributed by atoms with E-state index in [4.69, 9.17) is 4.42 Å². The van der Waals surface area contributed by atoms with Crippen LogP contribution in [0.1, 0.15) is 47.3 Å². The van der Waals surface area contributed by atoms with Crippen molar-refractivity contribution in [2.24, 2.45) is 5.92 Å². The number of carbonyl (C=O) groups excluding carboxylic acids is 2. The topological polar surface area (TPSA) is 62.6 Å². The summed E-state index contributed by atoms with van der Waals surface area (Å²) in [4.78, 5) is 26.6. The van der Waals surface area contributed by atoms with Gasteiger partial charge in [-0.3, -0.25) is 9.59 Å². The lowest BCUT2D eigenvalue weighted by Crippen LogP contribution is -2.43. The molecule has 25 heavy (non-hydrogen) atoms. The van der Waals surface area contributed by atoms with Crippen molar-refractivity contribution < 1.29 is 14.0 Å². The largest absolute Gasteiger partial charge is 0.472 e. The molecule has 5 heteroatoms. The fourth-order valence-electron chi connectivity index (χ4n) is 3.18. The van der Waals surface area contributed by atoms with Crippen LogP contribution in [0.5, 0.6) is 0 Å².